The van der Waals surface area contributed by atoms with Crippen molar-refractivity contribution >= 4 is 6.09 Å². The van der Waals surface area contributed by atoms with Gasteiger partial charge in [0.25, 0.3) is 5.56 Å². The van der Waals surface area contributed by atoms with E-state index in [0.29, 0.717) is 11.5 Å². The quantitative estimate of drug-likeness (QED) is 0.899. The second-order valence-corrected chi connectivity index (χ2v) is 6.70. The number of carbonyl (C=O) groups is 1. The normalized spacial score (nSPS) is 15.4. The number of H-pyrrole nitrogens is 1. The summed E-state index contributed by atoms with van der Waals surface area (Å²) >= 11 is 0. The highest BCUT2D eigenvalue weighted by Crippen LogP contribution is 2.37. The van der Waals surface area contributed by atoms with E-state index in [4.69, 9.17) is 4.74 Å². The van der Waals surface area contributed by atoms with Gasteiger partial charge in [-0.1, -0.05) is 6.42 Å². The van der Waals surface area contributed by atoms with Crippen molar-refractivity contribution in [1.29, 1.82) is 0 Å². The van der Waals surface area contributed by atoms with Gasteiger partial charge in [-0.3, -0.25) is 4.79 Å². The maximum Gasteiger partial charge on any atom is 0.407 e. The van der Waals surface area contributed by atoms with E-state index in [2.05, 4.69) is 10.3 Å². The summed E-state index contributed by atoms with van der Waals surface area (Å²) in [5, 5.41) is 2.68. The molecule has 1 aromatic rings. The van der Waals surface area contributed by atoms with Crippen molar-refractivity contribution in [2.24, 2.45) is 0 Å². The minimum absolute atomic E-state index is 0.118. The van der Waals surface area contributed by atoms with Crippen molar-refractivity contribution in [2.45, 2.75) is 65.0 Å². The van der Waals surface area contributed by atoms with Gasteiger partial charge in [0, 0.05) is 11.3 Å². The molecule has 1 aromatic heterocycles. The van der Waals surface area contributed by atoms with E-state index in [1.54, 1.807) is 0 Å². The minimum atomic E-state index is -0.541. The fourth-order valence-corrected chi connectivity index (χ4v) is 2.48. The summed E-state index contributed by atoms with van der Waals surface area (Å²) < 4.78 is 5.20. The molecule has 0 saturated heterocycles. The van der Waals surface area contributed by atoms with E-state index >= 15 is 0 Å². The average molecular weight is 292 g/mol. The van der Waals surface area contributed by atoms with Crippen LogP contribution in [0, 0.1) is 6.92 Å². The van der Waals surface area contributed by atoms with E-state index in [1.807, 2.05) is 33.8 Å². The van der Waals surface area contributed by atoms with Crippen LogP contribution in [0.4, 0.5) is 4.79 Å². The van der Waals surface area contributed by atoms with Gasteiger partial charge in [0.1, 0.15) is 5.60 Å². The van der Waals surface area contributed by atoms with E-state index < -0.39 is 11.7 Å². The second-order valence-electron chi connectivity index (χ2n) is 6.70. The molecule has 0 spiro atoms. The Hall–Kier alpha value is -1.78. The molecule has 0 aromatic carbocycles. The Morgan fingerprint density at radius 1 is 1.43 bits per heavy atom. The highest BCUT2D eigenvalue weighted by atomic mass is 16.6. The fourth-order valence-electron chi connectivity index (χ4n) is 2.48. The highest BCUT2D eigenvalue weighted by Gasteiger charge is 2.24. The SMILES string of the molecule is Cc1cc(C2CCC2)c(CNC(=O)OC(C)(C)C)c(=O)[nH]1. The Kier molecular flexibility index (Phi) is 4.40. The fraction of sp³-hybridized carbons (Fsp3) is 0.625. The van der Waals surface area contributed by atoms with Crippen molar-refractivity contribution in [3.8, 4) is 0 Å². The van der Waals surface area contributed by atoms with Crippen LogP contribution in [-0.2, 0) is 11.3 Å². The first-order chi connectivity index (χ1) is 9.76. The number of aryl methyl sites for hydroxylation is 1. The third kappa shape index (κ3) is 4.09. The van der Waals surface area contributed by atoms with Gasteiger partial charge in [0.15, 0.2) is 0 Å². The number of carbonyl (C=O) groups excluding carboxylic acids is 1. The number of nitrogens with one attached hydrogen (secondary N) is 2. The molecule has 1 aliphatic rings. The first-order valence-corrected chi connectivity index (χ1v) is 7.46. The third-order valence-corrected chi connectivity index (χ3v) is 3.66. The lowest BCUT2D eigenvalue weighted by Crippen LogP contribution is -2.34. The molecule has 21 heavy (non-hydrogen) atoms. The Bertz CT molecular complexity index is 580. The van der Waals surface area contributed by atoms with Crippen LogP contribution in [0.2, 0.25) is 0 Å². The predicted octanol–water partition coefficient (Wildman–Crippen LogP) is 2.98. The molecule has 5 nitrogen and oxygen atoms in total. The molecule has 5 heteroatoms. The monoisotopic (exact) mass is 292 g/mol. The molecule has 116 valence electrons. The van der Waals surface area contributed by atoms with Gasteiger partial charge < -0.3 is 15.0 Å². The summed E-state index contributed by atoms with van der Waals surface area (Å²) in [6.07, 6.45) is 2.93. The van der Waals surface area contributed by atoms with Crippen LogP contribution in [0.25, 0.3) is 0 Å². The van der Waals surface area contributed by atoms with E-state index in [9.17, 15) is 9.59 Å². The molecule has 1 aliphatic carbocycles. The smallest absolute Gasteiger partial charge is 0.407 e. The summed E-state index contributed by atoms with van der Waals surface area (Å²) in [7, 11) is 0. The number of hydrogen-bond acceptors (Lipinski definition) is 3. The van der Waals surface area contributed by atoms with Crippen LogP contribution in [0.1, 0.15) is 62.8 Å². The molecule has 1 fully saturated rings. The van der Waals surface area contributed by atoms with Crippen molar-refractivity contribution in [1.82, 2.24) is 10.3 Å². The van der Waals surface area contributed by atoms with Crippen molar-refractivity contribution in [3.05, 3.63) is 33.2 Å². The van der Waals surface area contributed by atoms with Crippen molar-refractivity contribution in [3.63, 3.8) is 0 Å². The minimum Gasteiger partial charge on any atom is -0.444 e. The third-order valence-electron chi connectivity index (χ3n) is 3.66. The molecule has 1 amide bonds. The average Bonchev–Trinajstić information content (AvgIpc) is 2.22. The number of pyridine rings is 1. The van der Waals surface area contributed by atoms with Gasteiger partial charge in [0.2, 0.25) is 0 Å². The predicted molar refractivity (Wildman–Crippen MR) is 81.5 cm³/mol. The lowest BCUT2D eigenvalue weighted by molar-refractivity contribution is 0.0523. The largest absolute Gasteiger partial charge is 0.444 e. The molecule has 1 heterocycles. The molecule has 0 unspecified atom stereocenters. The summed E-state index contributed by atoms with van der Waals surface area (Å²) in [6.45, 7) is 7.52. The van der Waals surface area contributed by atoms with E-state index in [0.717, 1.165) is 24.1 Å². The Morgan fingerprint density at radius 3 is 2.62 bits per heavy atom. The molecule has 0 atom stereocenters. The Morgan fingerprint density at radius 2 is 2.10 bits per heavy atom. The number of amides is 1. The van der Waals surface area contributed by atoms with E-state index in [1.165, 1.54) is 6.42 Å². The molecular weight excluding hydrogens is 268 g/mol. The maximum absolute atomic E-state index is 12.2. The zero-order valence-electron chi connectivity index (χ0n) is 13.2. The number of alkyl carbamates (subject to hydrolysis) is 1. The molecule has 2 rings (SSSR count). The summed E-state index contributed by atoms with van der Waals surface area (Å²) in [5.41, 5.74) is 1.92. The molecule has 0 aliphatic heterocycles. The van der Waals surface area contributed by atoms with Gasteiger partial charge in [-0.25, -0.2) is 4.79 Å². The molecule has 1 saturated carbocycles. The van der Waals surface area contributed by atoms with Gasteiger partial charge in [0.05, 0.1) is 6.54 Å². The standard InChI is InChI=1S/C16H24N2O3/c1-10-8-12(11-6-5-7-11)13(14(19)18-10)9-17-15(20)21-16(2,3)4/h8,11H,5-7,9H2,1-4H3,(H,17,20)(H,18,19). The molecule has 0 bridgehead atoms. The number of aromatic nitrogens is 1. The first kappa shape index (κ1) is 15.6. The van der Waals surface area contributed by atoms with Gasteiger partial charge in [-0.05, 0) is 58.1 Å². The van der Waals surface area contributed by atoms with Crippen LogP contribution < -0.4 is 10.9 Å². The molecular formula is C16H24N2O3. The van der Waals surface area contributed by atoms with Crippen LogP contribution in [0.3, 0.4) is 0 Å². The van der Waals surface area contributed by atoms with Crippen LogP contribution in [0.15, 0.2) is 10.9 Å². The molecule has 0 radical (unpaired) electrons. The molecule has 2 N–H and O–H groups in total. The summed E-state index contributed by atoms with van der Waals surface area (Å²) in [4.78, 5) is 26.7. The number of aromatic amines is 1. The van der Waals surface area contributed by atoms with Crippen molar-refractivity contribution < 1.29 is 9.53 Å². The lowest BCUT2D eigenvalue weighted by Gasteiger charge is -2.28. The van der Waals surface area contributed by atoms with Crippen molar-refractivity contribution in [2.75, 3.05) is 0 Å². The number of rotatable bonds is 3. The lowest BCUT2D eigenvalue weighted by atomic mass is 9.78. The Balaban J connectivity index is 2.12. The second kappa shape index (κ2) is 5.92. The first-order valence-electron chi connectivity index (χ1n) is 7.46. The summed E-state index contributed by atoms with van der Waals surface area (Å²) in [6, 6.07) is 2.03. The van der Waals surface area contributed by atoms with Crippen LogP contribution >= 0.6 is 0 Å². The van der Waals surface area contributed by atoms with Crippen LogP contribution in [-0.4, -0.2) is 16.7 Å². The van der Waals surface area contributed by atoms with Gasteiger partial charge >= 0.3 is 6.09 Å². The van der Waals surface area contributed by atoms with Gasteiger partial charge in [-0.2, -0.15) is 0 Å². The number of hydrogen-bond donors (Lipinski definition) is 2. The van der Waals surface area contributed by atoms with Crippen LogP contribution in [0.5, 0.6) is 0 Å². The highest BCUT2D eigenvalue weighted by molar-refractivity contribution is 5.67. The number of ether oxygens (including phenoxy) is 1. The zero-order valence-corrected chi connectivity index (χ0v) is 13.2. The topological polar surface area (TPSA) is 71.2 Å². The zero-order chi connectivity index (χ0) is 15.6. The van der Waals surface area contributed by atoms with E-state index in [-0.39, 0.29) is 12.1 Å². The Labute approximate surface area is 125 Å². The summed E-state index contributed by atoms with van der Waals surface area (Å²) in [5.74, 6) is 0.446. The maximum atomic E-state index is 12.2. The van der Waals surface area contributed by atoms with Gasteiger partial charge in [-0.15, -0.1) is 0 Å².